The molecule has 0 saturated carbocycles. The van der Waals surface area contributed by atoms with Gasteiger partial charge in [0.05, 0.1) is 10.2 Å². The quantitative estimate of drug-likeness (QED) is 0.854. The summed E-state index contributed by atoms with van der Waals surface area (Å²) < 4.78 is 8.11. The summed E-state index contributed by atoms with van der Waals surface area (Å²) in [5.74, 6) is 1.11. The van der Waals surface area contributed by atoms with Crippen LogP contribution in [0.4, 0.5) is 0 Å². The number of hydrogen-bond acceptors (Lipinski definition) is 3. The minimum atomic E-state index is 0.455. The molecule has 0 amide bonds. The largest absolute Gasteiger partial charge is 0.437 e. The molecule has 86 valence electrons. The second-order valence-corrected chi connectivity index (χ2v) is 4.39. The number of aryl methyl sites for hydroxylation is 2. The first-order valence-corrected chi connectivity index (χ1v) is 5.79. The molecule has 0 radical (unpaired) electrons. The Morgan fingerprint density at radius 3 is 2.76 bits per heavy atom. The van der Waals surface area contributed by atoms with Gasteiger partial charge in [-0.05, 0) is 35.0 Å². The maximum Gasteiger partial charge on any atom is 0.235 e. The van der Waals surface area contributed by atoms with Gasteiger partial charge < -0.3 is 4.74 Å². The van der Waals surface area contributed by atoms with Gasteiger partial charge in [0.15, 0.2) is 0 Å². The van der Waals surface area contributed by atoms with Crippen LogP contribution in [-0.2, 0) is 7.05 Å². The van der Waals surface area contributed by atoms with Crippen LogP contribution < -0.4 is 4.74 Å². The molecule has 0 aliphatic heterocycles. The van der Waals surface area contributed by atoms with Crippen molar-refractivity contribution in [3.05, 3.63) is 40.0 Å². The highest BCUT2D eigenvalue weighted by Gasteiger charge is 2.15. The van der Waals surface area contributed by atoms with E-state index in [1.165, 1.54) is 0 Å². The molecule has 0 N–H and O–H groups in total. The van der Waals surface area contributed by atoms with E-state index in [-0.39, 0.29) is 0 Å². The van der Waals surface area contributed by atoms with E-state index >= 15 is 0 Å². The van der Waals surface area contributed by atoms with Gasteiger partial charge in [0.1, 0.15) is 17.4 Å². The molecule has 0 atom stereocenters. The Morgan fingerprint density at radius 1 is 1.41 bits per heavy atom. The Morgan fingerprint density at radius 2 is 2.12 bits per heavy atom. The van der Waals surface area contributed by atoms with Gasteiger partial charge in [-0.25, -0.2) is 4.68 Å². The van der Waals surface area contributed by atoms with E-state index < -0.39 is 0 Å². The fourth-order valence-corrected chi connectivity index (χ4v) is 1.88. The van der Waals surface area contributed by atoms with Crippen molar-refractivity contribution in [1.82, 2.24) is 9.78 Å². The molecule has 0 spiro atoms. The van der Waals surface area contributed by atoms with E-state index in [9.17, 15) is 0 Å². The highest BCUT2D eigenvalue weighted by Crippen LogP contribution is 2.31. The Bertz CT molecular complexity index is 598. The van der Waals surface area contributed by atoms with E-state index in [1.54, 1.807) is 18.7 Å². The lowest BCUT2D eigenvalue weighted by atomic mass is 10.3. The summed E-state index contributed by atoms with van der Waals surface area (Å²) in [5, 5.41) is 13.2. The maximum atomic E-state index is 9.06. The van der Waals surface area contributed by atoms with Crippen molar-refractivity contribution < 1.29 is 4.74 Å². The summed E-state index contributed by atoms with van der Waals surface area (Å²) in [4.78, 5) is 0. The highest BCUT2D eigenvalue weighted by molar-refractivity contribution is 9.10. The lowest BCUT2D eigenvalue weighted by Crippen LogP contribution is -1.96. The zero-order valence-corrected chi connectivity index (χ0v) is 11.0. The molecule has 17 heavy (non-hydrogen) atoms. The fourth-order valence-electron chi connectivity index (χ4n) is 1.51. The minimum Gasteiger partial charge on any atom is -0.437 e. The average molecular weight is 292 g/mol. The van der Waals surface area contributed by atoms with Crippen molar-refractivity contribution >= 4 is 15.9 Å². The number of benzene rings is 1. The lowest BCUT2D eigenvalue weighted by Gasteiger charge is -2.07. The number of para-hydroxylation sites is 1. The van der Waals surface area contributed by atoms with Crippen molar-refractivity contribution in [3.63, 3.8) is 0 Å². The molecular weight excluding hydrogens is 282 g/mol. The standard InChI is InChI=1S/C12H10BrN3O/c1-8-9(7-14)12(16(2)15-8)17-11-6-4-3-5-10(11)13/h3-6H,1-2H3. The molecule has 0 bridgehead atoms. The smallest absolute Gasteiger partial charge is 0.235 e. The van der Waals surface area contributed by atoms with E-state index in [0.717, 1.165) is 4.47 Å². The Balaban J connectivity index is 2.44. The van der Waals surface area contributed by atoms with Crippen LogP contribution in [0.2, 0.25) is 0 Å². The van der Waals surface area contributed by atoms with Crippen LogP contribution in [0, 0.1) is 18.3 Å². The minimum absolute atomic E-state index is 0.455. The zero-order chi connectivity index (χ0) is 12.4. The number of hydrogen-bond donors (Lipinski definition) is 0. The molecule has 2 aromatic rings. The monoisotopic (exact) mass is 291 g/mol. The molecule has 1 aromatic carbocycles. The molecule has 1 aromatic heterocycles. The SMILES string of the molecule is Cc1nn(C)c(Oc2ccccc2Br)c1C#N. The third-order valence-corrected chi connectivity index (χ3v) is 2.98. The van der Waals surface area contributed by atoms with Crippen LogP contribution in [0.1, 0.15) is 11.3 Å². The van der Waals surface area contributed by atoms with Crippen molar-refractivity contribution in [2.45, 2.75) is 6.92 Å². The maximum absolute atomic E-state index is 9.06. The Kier molecular flexibility index (Phi) is 3.16. The third-order valence-electron chi connectivity index (χ3n) is 2.32. The van der Waals surface area contributed by atoms with Crippen molar-refractivity contribution in [3.8, 4) is 17.7 Å². The van der Waals surface area contributed by atoms with Crippen LogP contribution in [0.25, 0.3) is 0 Å². The molecule has 1 heterocycles. The van der Waals surface area contributed by atoms with Crippen LogP contribution in [0.5, 0.6) is 11.6 Å². The van der Waals surface area contributed by atoms with Crippen molar-refractivity contribution in [2.24, 2.45) is 7.05 Å². The predicted molar refractivity (Wildman–Crippen MR) is 66.9 cm³/mol. The Hall–Kier alpha value is -1.80. The zero-order valence-electron chi connectivity index (χ0n) is 9.44. The van der Waals surface area contributed by atoms with Crippen LogP contribution in [0.3, 0.4) is 0 Å². The van der Waals surface area contributed by atoms with Crippen LogP contribution in [0.15, 0.2) is 28.7 Å². The number of ether oxygens (including phenoxy) is 1. The molecule has 0 fully saturated rings. The fraction of sp³-hybridized carbons (Fsp3) is 0.167. The van der Waals surface area contributed by atoms with Crippen molar-refractivity contribution in [2.75, 3.05) is 0 Å². The number of halogens is 1. The van der Waals surface area contributed by atoms with Crippen LogP contribution >= 0.6 is 15.9 Å². The van der Waals surface area contributed by atoms with Crippen LogP contribution in [-0.4, -0.2) is 9.78 Å². The molecule has 0 unspecified atom stereocenters. The van der Waals surface area contributed by atoms with E-state index in [4.69, 9.17) is 10.00 Å². The number of rotatable bonds is 2. The molecule has 4 nitrogen and oxygen atoms in total. The summed E-state index contributed by atoms with van der Waals surface area (Å²) in [6, 6.07) is 9.58. The number of nitrogens with zero attached hydrogens (tertiary/aromatic N) is 3. The van der Waals surface area contributed by atoms with E-state index in [1.807, 2.05) is 24.3 Å². The molecule has 0 aliphatic carbocycles. The summed E-state index contributed by atoms with van der Waals surface area (Å²) in [7, 11) is 1.75. The summed E-state index contributed by atoms with van der Waals surface area (Å²) in [5.41, 5.74) is 1.13. The summed E-state index contributed by atoms with van der Waals surface area (Å²) >= 11 is 3.39. The third kappa shape index (κ3) is 2.17. The van der Waals surface area contributed by atoms with Gasteiger partial charge in [-0.15, -0.1) is 0 Å². The van der Waals surface area contributed by atoms with Gasteiger partial charge >= 0.3 is 0 Å². The second-order valence-electron chi connectivity index (χ2n) is 3.53. The molecule has 0 aliphatic rings. The van der Waals surface area contributed by atoms with Gasteiger partial charge in [0, 0.05) is 7.05 Å². The first-order valence-electron chi connectivity index (χ1n) is 4.99. The average Bonchev–Trinajstić information content (AvgIpc) is 2.56. The van der Waals surface area contributed by atoms with Gasteiger partial charge in [-0.1, -0.05) is 12.1 Å². The molecule has 0 saturated heterocycles. The number of aromatic nitrogens is 2. The second kappa shape index (κ2) is 4.60. The Labute approximate surface area is 108 Å². The highest BCUT2D eigenvalue weighted by atomic mass is 79.9. The molecular formula is C12H10BrN3O. The van der Waals surface area contributed by atoms with E-state index in [0.29, 0.717) is 22.9 Å². The van der Waals surface area contributed by atoms with E-state index in [2.05, 4.69) is 27.1 Å². The first kappa shape index (κ1) is 11.7. The predicted octanol–water partition coefficient (Wildman–Crippen LogP) is 3.16. The van der Waals surface area contributed by atoms with Gasteiger partial charge in [-0.3, -0.25) is 0 Å². The van der Waals surface area contributed by atoms with Gasteiger partial charge in [0.2, 0.25) is 5.88 Å². The van der Waals surface area contributed by atoms with Crippen molar-refractivity contribution in [1.29, 1.82) is 5.26 Å². The topological polar surface area (TPSA) is 50.8 Å². The summed E-state index contributed by atoms with van der Waals surface area (Å²) in [6.07, 6.45) is 0. The molecule has 5 heteroatoms. The first-order chi connectivity index (χ1) is 8.13. The molecule has 2 rings (SSSR count). The normalized spacial score (nSPS) is 10.0. The van der Waals surface area contributed by atoms with Gasteiger partial charge in [-0.2, -0.15) is 10.4 Å². The van der Waals surface area contributed by atoms with Gasteiger partial charge in [0.25, 0.3) is 0 Å². The summed E-state index contributed by atoms with van der Waals surface area (Å²) in [6.45, 7) is 1.78. The lowest BCUT2D eigenvalue weighted by molar-refractivity contribution is 0.427. The number of nitriles is 1.